The van der Waals surface area contributed by atoms with E-state index in [9.17, 15) is 0 Å². The van der Waals surface area contributed by atoms with E-state index < -0.39 is 0 Å². The molecule has 0 spiro atoms. The van der Waals surface area contributed by atoms with Crippen LogP contribution in [0.3, 0.4) is 0 Å². The van der Waals surface area contributed by atoms with E-state index in [0.29, 0.717) is 17.5 Å². The number of rotatable bonds is 16. The molecule has 0 saturated carbocycles. The molecule has 1 aliphatic rings. The van der Waals surface area contributed by atoms with Crippen LogP contribution in [-0.2, 0) is 0 Å². The second-order valence-electron chi connectivity index (χ2n) is 34.6. The number of hydrogen-bond acceptors (Lipinski definition) is 6. The third kappa shape index (κ3) is 13.1. The fourth-order valence-electron chi connectivity index (χ4n) is 20.6. The summed E-state index contributed by atoms with van der Waals surface area (Å²) in [4.78, 5) is 28.5. The van der Waals surface area contributed by atoms with Crippen molar-refractivity contribution in [2.45, 2.75) is 12.8 Å². The molecule has 26 rings (SSSR count). The van der Waals surface area contributed by atoms with Crippen LogP contribution in [-0.4, -0.2) is 43.2 Å². The monoisotopic (exact) mass is 1700 g/mol. The first-order valence-corrected chi connectivity index (χ1v) is 45.5. The van der Waals surface area contributed by atoms with E-state index in [1.807, 2.05) is 30.5 Å². The van der Waals surface area contributed by atoms with E-state index in [4.69, 9.17) is 24.9 Å². The van der Waals surface area contributed by atoms with E-state index in [-0.39, 0.29) is 0 Å². The Balaban J connectivity index is 0.515. The Morgan fingerprint density at radius 3 is 1.15 bits per heavy atom. The van der Waals surface area contributed by atoms with E-state index in [2.05, 4.69) is 454 Å². The molecule has 0 bridgehead atoms. The van der Waals surface area contributed by atoms with Crippen molar-refractivity contribution in [1.29, 1.82) is 0 Å². The molecule has 18 aromatic carbocycles. The molecule has 1 aliphatic carbocycles. The first-order valence-electron chi connectivity index (χ1n) is 45.5. The molecular formula is C123H80N10. The molecule has 7 heterocycles. The SMILES string of the molecule is C1=CCCC(N(c2ccccc2)c2ccc(-n3c4ccccc4c4cc(-c5ccc6c(c5)c5ccccc5n6-c5ccc(-c6nc(-c7ccccc7)nc(-c7ccc(-c8cccc(-n9c%10ccccc%10c%10cc(-c%11ccc%12c(c%11)c%11ccccc%11n%12-c%11ccc(-c%12ccc%13ccc%14cccnc%14c%13n%12)cc%11-c%11ccccc%11)ccc%109)c8)cc7)n6)cc5-c5ccccc5)ccc43)cc2)=C1. The summed E-state index contributed by atoms with van der Waals surface area (Å²) in [7, 11) is 0. The molecule has 0 aliphatic heterocycles. The fourth-order valence-corrected chi connectivity index (χ4v) is 20.6. The number of aromatic nitrogens is 9. The second kappa shape index (κ2) is 31.6. The quantitative estimate of drug-likeness (QED) is 0.0896. The summed E-state index contributed by atoms with van der Waals surface area (Å²) in [5, 5.41) is 11.6. The Hall–Kier alpha value is -17.7. The lowest BCUT2D eigenvalue weighted by molar-refractivity contribution is 0.917. The Morgan fingerprint density at radius 1 is 0.233 bits per heavy atom. The first kappa shape index (κ1) is 76.5. The maximum Gasteiger partial charge on any atom is 0.164 e. The molecule has 0 amide bonds. The van der Waals surface area contributed by atoms with Crippen LogP contribution in [0.2, 0.25) is 0 Å². The number of fused-ring (bicyclic) bond motifs is 15. The van der Waals surface area contributed by atoms with E-state index in [1.54, 1.807) is 0 Å². The third-order valence-electron chi connectivity index (χ3n) is 26.9. The van der Waals surface area contributed by atoms with Crippen molar-refractivity contribution < 1.29 is 0 Å². The van der Waals surface area contributed by atoms with Gasteiger partial charge in [0.1, 0.15) is 0 Å². The Kier molecular flexibility index (Phi) is 18.2. The molecule has 0 saturated heterocycles. The zero-order valence-electron chi connectivity index (χ0n) is 72.3. The predicted octanol–water partition coefficient (Wildman–Crippen LogP) is 31.7. The van der Waals surface area contributed by atoms with Crippen molar-refractivity contribution >= 4 is 120 Å². The van der Waals surface area contributed by atoms with Crippen LogP contribution in [0.1, 0.15) is 12.8 Å². The van der Waals surface area contributed by atoms with Crippen LogP contribution >= 0.6 is 0 Å². The summed E-state index contributed by atoms with van der Waals surface area (Å²) >= 11 is 0. The standard InChI is InChI=1S/C123H80N10/c1-6-26-80(27-7-1)102-77-91(108-64-53-83-50-49-82-33-25-71-124-119(82)120(83)125-108)58-69-113(102)132-111-45-22-18-41-100(111)106-76-90(56-67-117(106)132)88-55-66-116-105(74-88)99-40-17-21-44-110(99)131(116)97-38-24-32-86(72-97)79-47-51-85(52-48-79)122-126-121(84-30-10-3-11-31-84)127-123(128-122)92-59-70-114(103(78-92)81-28-8-2-9-29-81)133-112-46-23-19-42-101(112)107-75-89(57-68-118(107)133)87-54-65-115-104(73-87)98-39-16-20-43-109(98)130(115)96-62-60-95(61-63-96)129(93-34-12-4-13-35-93)94-36-14-5-15-37-94/h1-14,16-36,38-78H,15,37H2. The molecule has 0 N–H and O–H groups in total. The highest BCUT2D eigenvalue weighted by Gasteiger charge is 2.26. The summed E-state index contributed by atoms with van der Waals surface area (Å²) < 4.78 is 9.70. The van der Waals surface area contributed by atoms with Crippen LogP contribution in [0.4, 0.5) is 11.4 Å². The summed E-state index contributed by atoms with van der Waals surface area (Å²) in [5.41, 5.74) is 34.5. The molecule has 0 unspecified atom stereocenters. The molecule has 10 heteroatoms. The van der Waals surface area contributed by atoms with Gasteiger partial charge in [-0.2, -0.15) is 0 Å². The summed E-state index contributed by atoms with van der Waals surface area (Å²) in [6.07, 6.45) is 10.5. The van der Waals surface area contributed by atoms with Gasteiger partial charge in [0.05, 0.1) is 72.2 Å². The van der Waals surface area contributed by atoms with Crippen LogP contribution in [0.15, 0.2) is 467 Å². The molecular weight excluding hydrogens is 1620 g/mol. The number of para-hydroxylation sites is 5. The zero-order valence-corrected chi connectivity index (χ0v) is 72.3. The maximum atomic E-state index is 5.41. The number of hydrogen-bond donors (Lipinski definition) is 0. The highest BCUT2D eigenvalue weighted by Crippen LogP contribution is 2.47. The predicted molar refractivity (Wildman–Crippen MR) is 552 cm³/mol. The van der Waals surface area contributed by atoms with Crippen molar-refractivity contribution in [2.75, 3.05) is 4.90 Å². The largest absolute Gasteiger partial charge is 0.314 e. The van der Waals surface area contributed by atoms with Gasteiger partial charge in [0, 0.05) is 122 Å². The molecule has 7 aromatic heterocycles. The van der Waals surface area contributed by atoms with Gasteiger partial charge in [-0.25, -0.2) is 19.9 Å². The zero-order chi connectivity index (χ0) is 87.6. The van der Waals surface area contributed by atoms with Crippen LogP contribution in [0, 0.1) is 0 Å². The summed E-state index contributed by atoms with van der Waals surface area (Å²) in [6, 6.07) is 158. The Labute approximate surface area is 766 Å². The van der Waals surface area contributed by atoms with Gasteiger partial charge in [0.2, 0.25) is 0 Å². The minimum atomic E-state index is 0.577. The van der Waals surface area contributed by atoms with Crippen molar-refractivity contribution in [3.05, 3.63) is 467 Å². The summed E-state index contributed by atoms with van der Waals surface area (Å²) in [5.74, 6) is 1.75. The minimum absolute atomic E-state index is 0.577. The van der Waals surface area contributed by atoms with Gasteiger partial charge >= 0.3 is 0 Å². The number of pyridine rings is 2. The van der Waals surface area contributed by atoms with E-state index in [0.717, 1.165) is 191 Å². The number of nitrogens with zero attached hydrogens (tertiary/aromatic N) is 10. The lowest BCUT2D eigenvalue weighted by atomic mass is 9.98. The molecule has 10 nitrogen and oxygen atoms in total. The lowest BCUT2D eigenvalue weighted by Crippen LogP contribution is -2.17. The Morgan fingerprint density at radius 2 is 0.624 bits per heavy atom. The molecule has 133 heavy (non-hydrogen) atoms. The van der Waals surface area contributed by atoms with E-state index in [1.165, 1.54) is 54.3 Å². The molecule has 25 aromatic rings. The molecule has 0 radical (unpaired) electrons. The number of anilines is 2. The molecule has 622 valence electrons. The van der Waals surface area contributed by atoms with Crippen molar-refractivity contribution in [2.24, 2.45) is 0 Å². The highest BCUT2D eigenvalue weighted by atomic mass is 15.2. The fraction of sp³-hybridized carbons (Fsp3) is 0.0163. The number of allylic oxidation sites excluding steroid dienone is 4. The van der Waals surface area contributed by atoms with Crippen LogP contribution in [0.25, 0.3) is 233 Å². The minimum Gasteiger partial charge on any atom is -0.314 e. The highest BCUT2D eigenvalue weighted by molar-refractivity contribution is 6.16. The first-order chi connectivity index (χ1) is 65.9. The Bertz CT molecular complexity index is 9060. The van der Waals surface area contributed by atoms with Crippen molar-refractivity contribution in [3.63, 3.8) is 0 Å². The normalized spacial score (nSPS) is 12.3. The van der Waals surface area contributed by atoms with Gasteiger partial charge in [-0.3, -0.25) is 4.98 Å². The molecule has 0 fully saturated rings. The van der Waals surface area contributed by atoms with Crippen LogP contribution in [0.5, 0.6) is 0 Å². The van der Waals surface area contributed by atoms with E-state index >= 15 is 0 Å². The lowest BCUT2D eigenvalue weighted by Gasteiger charge is -2.29. The molecule has 0 atom stereocenters. The van der Waals surface area contributed by atoms with Crippen molar-refractivity contribution in [1.82, 2.24) is 43.2 Å². The van der Waals surface area contributed by atoms with Gasteiger partial charge in [0.25, 0.3) is 0 Å². The number of benzene rings is 18. The average molecular weight is 1700 g/mol. The third-order valence-corrected chi connectivity index (χ3v) is 26.9. The van der Waals surface area contributed by atoms with Gasteiger partial charge in [-0.05, 0) is 227 Å². The van der Waals surface area contributed by atoms with Gasteiger partial charge in [0.15, 0.2) is 17.5 Å². The van der Waals surface area contributed by atoms with Crippen LogP contribution < -0.4 is 4.90 Å². The average Bonchev–Trinajstić information content (AvgIpc) is 1.60. The van der Waals surface area contributed by atoms with Crippen molar-refractivity contribution in [3.8, 4) is 124 Å². The second-order valence-corrected chi connectivity index (χ2v) is 34.6. The van der Waals surface area contributed by atoms with Gasteiger partial charge < -0.3 is 23.2 Å². The van der Waals surface area contributed by atoms with Gasteiger partial charge in [-0.1, -0.05) is 285 Å². The summed E-state index contributed by atoms with van der Waals surface area (Å²) in [6.45, 7) is 0. The smallest absolute Gasteiger partial charge is 0.164 e. The maximum absolute atomic E-state index is 5.41. The topological polar surface area (TPSA) is 87.4 Å². The van der Waals surface area contributed by atoms with Gasteiger partial charge in [-0.15, -0.1) is 0 Å².